The SMILES string of the molecule is c1cnc2oc3cc(-c4ccc(N(c5ccc(-c6ccc7cncnc7c6)cc5)c5ccc(-c6ccc7cncnc7c6)cc5)cc4)ccc3c2c1. The van der Waals surface area contributed by atoms with E-state index in [4.69, 9.17) is 4.42 Å². The van der Waals surface area contributed by atoms with E-state index in [1.165, 1.54) is 0 Å². The van der Waals surface area contributed by atoms with E-state index in [1.54, 1.807) is 18.9 Å². The van der Waals surface area contributed by atoms with Crippen LogP contribution in [-0.4, -0.2) is 24.9 Å². The van der Waals surface area contributed by atoms with E-state index in [1.807, 2.05) is 24.5 Å². The maximum absolute atomic E-state index is 6.09. The molecule has 4 aromatic heterocycles. The lowest BCUT2D eigenvalue weighted by molar-refractivity contribution is 0.654. The molecule has 0 unspecified atom stereocenters. The van der Waals surface area contributed by atoms with E-state index in [9.17, 15) is 0 Å². The third-order valence-electron chi connectivity index (χ3n) is 9.64. The average Bonchev–Trinajstić information content (AvgIpc) is 3.59. The van der Waals surface area contributed by atoms with Crippen molar-refractivity contribution in [2.45, 2.75) is 0 Å². The summed E-state index contributed by atoms with van der Waals surface area (Å²) >= 11 is 0. The minimum Gasteiger partial charge on any atom is -0.438 e. The van der Waals surface area contributed by atoms with Crippen molar-refractivity contribution in [3.05, 3.63) is 171 Å². The Morgan fingerprint density at radius 2 is 0.904 bits per heavy atom. The zero-order chi connectivity index (χ0) is 34.4. The van der Waals surface area contributed by atoms with Crippen LogP contribution in [0.4, 0.5) is 17.1 Å². The molecule has 0 aliphatic rings. The first kappa shape index (κ1) is 29.6. The Morgan fingerprint density at radius 3 is 1.44 bits per heavy atom. The summed E-state index contributed by atoms with van der Waals surface area (Å²) in [4.78, 5) is 23.9. The van der Waals surface area contributed by atoms with Crippen molar-refractivity contribution >= 4 is 60.9 Å². The van der Waals surface area contributed by atoms with Crippen molar-refractivity contribution < 1.29 is 4.42 Å². The molecule has 0 aliphatic carbocycles. The predicted octanol–water partition coefficient (Wildman–Crippen LogP) is 11.3. The summed E-state index contributed by atoms with van der Waals surface area (Å²) in [5.41, 5.74) is 13.1. The zero-order valence-electron chi connectivity index (χ0n) is 27.8. The van der Waals surface area contributed by atoms with Crippen LogP contribution in [0.2, 0.25) is 0 Å². The molecule has 7 heteroatoms. The first-order valence-electron chi connectivity index (χ1n) is 17.0. The van der Waals surface area contributed by atoms with Crippen molar-refractivity contribution in [2.75, 3.05) is 4.90 Å². The second-order valence-electron chi connectivity index (χ2n) is 12.7. The van der Waals surface area contributed by atoms with Gasteiger partial charge in [-0.1, -0.05) is 66.7 Å². The maximum Gasteiger partial charge on any atom is 0.227 e. The van der Waals surface area contributed by atoms with Gasteiger partial charge in [-0.15, -0.1) is 0 Å². The summed E-state index contributed by atoms with van der Waals surface area (Å²) < 4.78 is 6.09. The highest BCUT2D eigenvalue weighted by Crippen LogP contribution is 2.39. The van der Waals surface area contributed by atoms with Gasteiger partial charge in [0.2, 0.25) is 5.71 Å². The summed E-state index contributed by atoms with van der Waals surface area (Å²) in [5, 5.41) is 4.13. The van der Waals surface area contributed by atoms with Crippen LogP contribution in [0.15, 0.2) is 175 Å². The smallest absolute Gasteiger partial charge is 0.227 e. The number of fused-ring (bicyclic) bond motifs is 5. The van der Waals surface area contributed by atoms with Gasteiger partial charge < -0.3 is 9.32 Å². The molecule has 0 fully saturated rings. The highest BCUT2D eigenvalue weighted by molar-refractivity contribution is 6.04. The number of nitrogens with zero attached hydrogens (tertiary/aromatic N) is 6. The number of hydrogen-bond acceptors (Lipinski definition) is 7. The molecule has 0 atom stereocenters. The lowest BCUT2D eigenvalue weighted by Crippen LogP contribution is -2.09. The Morgan fingerprint density at radius 1 is 0.423 bits per heavy atom. The lowest BCUT2D eigenvalue weighted by atomic mass is 10.0. The zero-order valence-corrected chi connectivity index (χ0v) is 27.8. The third-order valence-corrected chi connectivity index (χ3v) is 9.64. The van der Waals surface area contributed by atoms with E-state index in [-0.39, 0.29) is 0 Å². The van der Waals surface area contributed by atoms with E-state index in [0.29, 0.717) is 5.71 Å². The molecule has 0 radical (unpaired) electrons. The summed E-state index contributed by atoms with van der Waals surface area (Å²) in [7, 11) is 0. The van der Waals surface area contributed by atoms with Gasteiger partial charge in [0.1, 0.15) is 18.2 Å². The minimum absolute atomic E-state index is 0.654. The second-order valence-corrected chi connectivity index (χ2v) is 12.7. The van der Waals surface area contributed by atoms with Gasteiger partial charge in [0, 0.05) is 57.2 Å². The Labute approximate surface area is 298 Å². The number of furan rings is 1. The van der Waals surface area contributed by atoms with Gasteiger partial charge >= 0.3 is 0 Å². The largest absolute Gasteiger partial charge is 0.438 e. The van der Waals surface area contributed by atoms with Crippen molar-refractivity contribution in [3.63, 3.8) is 0 Å². The number of benzene rings is 6. The number of rotatable bonds is 6. The molecule has 0 saturated carbocycles. The molecular weight excluding hydrogens is 641 g/mol. The molecular formula is C45H28N6O. The van der Waals surface area contributed by atoms with E-state index in [2.05, 4.69) is 157 Å². The molecule has 6 aromatic carbocycles. The molecule has 0 saturated heterocycles. The molecule has 0 spiro atoms. The summed E-state index contributed by atoms with van der Waals surface area (Å²) in [6, 6.07) is 49.0. The first-order chi connectivity index (χ1) is 25.7. The maximum atomic E-state index is 6.09. The monoisotopic (exact) mass is 668 g/mol. The molecule has 7 nitrogen and oxygen atoms in total. The summed E-state index contributed by atoms with van der Waals surface area (Å²) in [5.74, 6) is 0. The molecule has 10 rings (SSSR count). The van der Waals surface area contributed by atoms with Crippen LogP contribution in [0.25, 0.3) is 77.3 Å². The summed E-state index contributed by atoms with van der Waals surface area (Å²) in [6.07, 6.45) is 8.62. The van der Waals surface area contributed by atoms with Gasteiger partial charge in [-0.3, -0.25) is 0 Å². The first-order valence-corrected chi connectivity index (χ1v) is 17.0. The quantitative estimate of drug-likeness (QED) is 0.174. The van der Waals surface area contributed by atoms with Crippen LogP contribution in [0.3, 0.4) is 0 Å². The van der Waals surface area contributed by atoms with Crippen molar-refractivity contribution in [2.24, 2.45) is 0 Å². The predicted molar refractivity (Wildman–Crippen MR) is 209 cm³/mol. The van der Waals surface area contributed by atoms with E-state index < -0.39 is 0 Å². The fourth-order valence-electron chi connectivity index (χ4n) is 6.95. The van der Waals surface area contributed by atoms with Gasteiger partial charge in [0.05, 0.1) is 11.0 Å². The van der Waals surface area contributed by atoms with Crippen LogP contribution < -0.4 is 4.90 Å². The standard InChI is InChI=1S/C45H28N6O/c1-2-41-40-20-13-34(24-44(40)52-45(41)48-21-1)31-11-18-39(19-12-31)51(37-14-7-29(8-15-37)32-3-5-35-25-46-27-49-42(35)22-32)38-16-9-30(10-17-38)33-4-6-36-26-47-28-50-43(36)23-33/h1-28H. The Kier molecular flexibility index (Phi) is 6.99. The highest BCUT2D eigenvalue weighted by Gasteiger charge is 2.15. The second kappa shape index (κ2) is 12.3. The van der Waals surface area contributed by atoms with Crippen LogP contribution in [0.1, 0.15) is 0 Å². The Bertz CT molecular complexity index is 2780. The van der Waals surface area contributed by atoms with Gasteiger partial charge in [0.15, 0.2) is 0 Å². The highest BCUT2D eigenvalue weighted by atomic mass is 16.3. The van der Waals surface area contributed by atoms with Gasteiger partial charge in [-0.05, 0) is 106 Å². The number of hydrogen-bond donors (Lipinski definition) is 0. The van der Waals surface area contributed by atoms with Crippen LogP contribution >= 0.6 is 0 Å². The van der Waals surface area contributed by atoms with Crippen molar-refractivity contribution in [3.8, 4) is 33.4 Å². The molecule has 0 N–H and O–H groups in total. The number of pyridine rings is 1. The van der Waals surface area contributed by atoms with Crippen LogP contribution in [0, 0.1) is 0 Å². The van der Waals surface area contributed by atoms with Crippen LogP contribution in [-0.2, 0) is 0 Å². The lowest BCUT2D eigenvalue weighted by Gasteiger charge is -2.26. The normalized spacial score (nSPS) is 11.5. The number of aromatic nitrogens is 5. The van der Waals surface area contributed by atoms with E-state index >= 15 is 0 Å². The van der Waals surface area contributed by atoms with Gasteiger partial charge in [-0.25, -0.2) is 24.9 Å². The van der Waals surface area contributed by atoms with Gasteiger partial charge in [0.25, 0.3) is 0 Å². The Hall–Kier alpha value is -7.25. The van der Waals surface area contributed by atoms with Gasteiger partial charge in [-0.2, -0.15) is 0 Å². The number of anilines is 3. The molecule has 4 heterocycles. The molecule has 0 amide bonds. The molecule has 244 valence electrons. The Balaban J connectivity index is 1.02. The average molecular weight is 669 g/mol. The minimum atomic E-state index is 0.654. The topological polar surface area (TPSA) is 80.8 Å². The fraction of sp³-hybridized carbons (Fsp3) is 0. The molecule has 52 heavy (non-hydrogen) atoms. The fourth-order valence-corrected chi connectivity index (χ4v) is 6.95. The molecule has 0 aliphatic heterocycles. The van der Waals surface area contributed by atoms with Crippen molar-refractivity contribution in [1.29, 1.82) is 0 Å². The molecule has 0 bridgehead atoms. The van der Waals surface area contributed by atoms with E-state index in [0.717, 1.165) is 88.6 Å². The van der Waals surface area contributed by atoms with Crippen molar-refractivity contribution in [1.82, 2.24) is 24.9 Å². The third kappa shape index (κ3) is 5.28. The molecule has 10 aromatic rings. The summed E-state index contributed by atoms with van der Waals surface area (Å²) in [6.45, 7) is 0. The van der Waals surface area contributed by atoms with Crippen LogP contribution in [0.5, 0.6) is 0 Å².